The maximum Gasteiger partial charge on any atom is 0.264 e. The summed E-state index contributed by atoms with van der Waals surface area (Å²) >= 11 is 0. The van der Waals surface area contributed by atoms with Crippen LogP contribution in [0.3, 0.4) is 0 Å². The molecule has 2 aromatic carbocycles. The number of likely N-dealkylation sites (tertiary alicyclic amines) is 1. The van der Waals surface area contributed by atoms with Crippen LogP contribution in [0, 0.1) is 37.0 Å². The van der Waals surface area contributed by atoms with Crippen LogP contribution in [0.15, 0.2) is 53.4 Å². The van der Waals surface area contributed by atoms with Crippen LogP contribution in [0.2, 0.25) is 0 Å². The van der Waals surface area contributed by atoms with Crippen molar-refractivity contribution in [2.75, 3.05) is 31.0 Å². The van der Waals surface area contributed by atoms with Gasteiger partial charge in [-0.15, -0.1) is 0 Å². The van der Waals surface area contributed by atoms with Crippen molar-refractivity contribution in [2.45, 2.75) is 84.0 Å². The van der Waals surface area contributed by atoms with Crippen molar-refractivity contribution in [1.29, 1.82) is 0 Å². The van der Waals surface area contributed by atoms with Crippen LogP contribution in [-0.2, 0) is 10.0 Å². The van der Waals surface area contributed by atoms with Crippen LogP contribution in [-0.4, -0.2) is 49.5 Å². The summed E-state index contributed by atoms with van der Waals surface area (Å²) in [6.07, 6.45) is 7.15. The van der Waals surface area contributed by atoms with E-state index < -0.39 is 10.0 Å². The molecule has 1 saturated carbocycles. The van der Waals surface area contributed by atoms with Gasteiger partial charge in [0.25, 0.3) is 10.0 Å². The molecule has 6 rings (SSSR count). The second-order valence-electron chi connectivity index (χ2n) is 14.1. The minimum absolute atomic E-state index is 0.0263. The predicted octanol–water partition coefficient (Wildman–Crippen LogP) is 7.60. The highest BCUT2D eigenvalue weighted by Gasteiger charge is 2.50. The summed E-state index contributed by atoms with van der Waals surface area (Å²) in [5.74, 6) is 1.85. The first-order chi connectivity index (χ1) is 21.1. The lowest BCUT2D eigenvalue weighted by Gasteiger charge is -2.55. The molecule has 236 valence electrons. The largest absolute Gasteiger partial charge is 0.477 e. The topological polar surface area (TPSA) is 84.4 Å². The number of fused-ring (bicyclic) bond motifs is 4. The van der Waals surface area contributed by atoms with Gasteiger partial charge < -0.3 is 9.64 Å². The Morgan fingerprint density at radius 3 is 2.41 bits per heavy atom. The van der Waals surface area contributed by atoms with Crippen LogP contribution >= 0.6 is 0 Å². The monoisotopic (exact) mass is 616 g/mol. The molecule has 7 nitrogen and oxygen atoms in total. The normalized spacial score (nSPS) is 23.2. The van der Waals surface area contributed by atoms with Gasteiger partial charge in [-0.25, -0.2) is 18.1 Å². The van der Waals surface area contributed by atoms with E-state index in [1.807, 2.05) is 50.2 Å². The average Bonchev–Trinajstić information content (AvgIpc) is 2.95. The minimum Gasteiger partial charge on any atom is -0.477 e. The smallest absolute Gasteiger partial charge is 0.264 e. The molecule has 0 amide bonds. The van der Waals surface area contributed by atoms with E-state index >= 15 is 0 Å². The lowest BCUT2D eigenvalue weighted by molar-refractivity contribution is -0.0364. The Kier molecular flexibility index (Phi) is 8.77. The molecule has 2 aliphatic heterocycles. The molecular weight excluding hydrogens is 568 g/mol. The molecule has 1 saturated heterocycles. The Hall–Kier alpha value is -2.97. The summed E-state index contributed by atoms with van der Waals surface area (Å²) in [4.78, 5) is 12.1. The molecule has 3 aliphatic rings. The van der Waals surface area contributed by atoms with E-state index in [2.05, 4.69) is 46.4 Å². The number of nitrogens with one attached hydrogen (secondary N) is 1. The Morgan fingerprint density at radius 1 is 1.02 bits per heavy atom. The third-order valence-corrected chi connectivity index (χ3v) is 11.6. The number of aryl methyl sites for hydroxylation is 2. The molecule has 2 atom stereocenters. The fraction of sp³-hybridized carbons (Fsp3) is 0.556. The summed E-state index contributed by atoms with van der Waals surface area (Å²) in [6.45, 7) is 15.0. The summed E-state index contributed by atoms with van der Waals surface area (Å²) in [6, 6.07) is 15.6. The van der Waals surface area contributed by atoms with Gasteiger partial charge in [0.1, 0.15) is 0 Å². The predicted molar refractivity (Wildman–Crippen MR) is 176 cm³/mol. The molecule has 1 N–H and O–H groups in total. The van der Waals surface area contributed by atoms with Gasteiger partial charge in [-0.1, -0.05) is 51.1 Å². The third-order valence-electron chi connectivity index (χ3n) is 10.3. The van der Waals surface area contributed by atoms with Gasteiger partial charge in [0, 0.05) is 17.5 Å². The Morgan fingerprint density at radius 2 is 1.73 bits per heavy atom. The molecule has 4 bridgehead atoms. The summed E-state index contributed by atoms with van der Waals surface area (Å²) in [5.41, 5.74) is 5.28. The van der Waals surface area contributed by atoms with Crippen molar-refractivity contribution >= 4 is 16.0 Å². The third kappa shape index (κ3) is 6.38. The fourth-order valence-corrected chi connectivity index (χ4v) is 9.29. The Balaban J connectivity index is 1.38. The zero-order valence-electron chi connectivity index (χ0n) is 27.0. The molecule has 44 heavy (non-hydrogen) atoms. The Labute approximate surface area is 263 Å². The van der Waals surface area contributed by atoms with E-state index in [1.54, 1.807) is 6.07 Å². The van der Waals surface area contributed by atoms with Crippen LogP contribution in [0.4, 0.5) is 5.95 Å². The minimum atomic E-state index is -3.92. The number of nitrogens with zero attached hydrogens (tertiary/aromatic N) is 3. The number of anilines is 1. The van der Waals surface area contributed by atoms with E-state index in [9.17, 15) is 8.42 Å². The van der Waals surface area contributed by atoms with Crippen molar-refractivity contribution in [3.05, 3.63) is 65.2 Å². The molecule has 1 unspecified atom stereocenters. The van der Waals surface area contributed by atoms with Gasteiger partial charge in [-0.3, -0.25) is 0 Å². The number of sulfonamides is 1. The second kappa shape index (κ2) is 12.4. The second-order valence-corrected chi connectivity index (χ2v) is 15.8. The maximum absolute atomic E-state index is 13.8. The number of rotatable bonds is 6. The first-order valence-electron chi connectivity index (χ1n) is 16.5. The Bertz CT molecular complexity index is 1570. The van der Waals surface area contributed by atoms with Crippen LogP contribution < -0.4 is 9.46 Å². The molecule has 2 fully saturated rings. The van der Waals surface area contributed by atoms with Gasteiger partial charge in [0.05, 0.1) is 17.2 Å². The van der Waals surface area contributed by atoms with Crippen molar-refractivity contribution < 1.29 is 13.2 Å². The van der Waals surface area contributed by atoms with E-state index in [1.165, 1.54) is 51.7 Å². The van der Waals surface area contributed by atoms with Crippen molar-refractivity contribution in [3.8, 4) is 17.1 Å². The quantitative estimate of drug-likeness (QED) is 0.307. The van der Waals surface area contributed by atoms with E-state index in [-0.39, 0.29) is 22.7 Å². The number of aromatic nitrogens is 2. The van der Waals surface area contributed by atoms with Gasteiger partial charge >= 0.3 is 0 Å². The van der Waals surface area contributed by atoms with Gasteiger partial charge in [-0.2, -0.15) is 4.98 Å². The molecule has 1 aromatic heterocycles. The number of hydrogen-bond acceptors (Lipinski definition) is 6. The van der Waals surface area contributed by atoms with Crippen LogP contribution in [0.25, 0.3) is 11.3 Å². The number of hydrogen-bond donors (Lipinski definition) is 1. The highest BCUT2D eigenvalue weighted by Crippen LogP contribution is 2.59. The zero-order valence-corrected chi connectivity index (χ0v) is 27.8. The molecule has 3 aromatic rings. The summed E-state index contributed by atoms with van der Waals surface area (Å²) in [7, 11) is -3.92. The lowest BCUT2D eigenvalue weighted by atomic mass is 9.52. The van der Waals surface area contributed by atoms with Crippen molar-refractivity contribution in [2.24, 2.45) is 23.2 Å². The average molecular weight is 617 g/mol. The summed E-state index contributed by atoms with van der Waals surface area (Å²) < 4.78 is 36.8. The number of piperidine rings is 1. The lowest BCUT2D eigenvalue weighted by Crippen LogP contribution is -2.49. The van der Waals surface area contributed by atoms with Crippen molar-refractivity contribution in [3.63, 3.8) is 0 Å². The van der Waals surface area contributed by atoms with Crippen LogP contribution in [0.1, 0.15) is 81.9 Å². The van der Waals surface area contributed by atoms with E-state index in [0.717, 1.165) is 28.7 Å². The maximum atomic E-state index is 13.8. The molecule has 8 heteroatoms. The van der Waals surface area contributed by atoms with Crippen molar-refractivity contribution in [1.82, 2.24) is 14.9 Å². The first kappa shape index (κ1) is 31.0. The molecule has 0 radical (unpaired) electrons. The van der Waals surface area contributed by atoms with Crippen LogP contribution in [0.5, 0.6) is 5.88 Å². The van der Waals surface area contributed by atoms with Gasteiger partial charge in [0.15, 0.2) is 0 Å². The fourth-order valence-electron chi connectivity index (χ4n) is 8.29. The van der Waals surface area contributed by atoms with E-state index in [4.69, 9.17) is 4.74 Å². The zero-order chi connectivity index (χ0) is 31.1. The molecule has 3 heterocycles. The number of ether oxygens (including phenoxy) is 1. The summed E-state index contributed by atoms with van der Waals surface area (Å²) in [5, 5.41) is 0. The highest BCUT2D eigenvalue weighted by atomic mass is 32.2. The van der Waals surface area contributed by atoms with Gasteiger partial charge in [-0.05, 0) is 124 Å². The SMILES string of the molecule is CCCN1CCC2(CC1)CC(C1c3cccc(c3)S(=O)(=O)Nc3nc(cc(-c4c(C)cccc4C)n3)OC[C@H]1CC(C)C)C2. The molecular formula is C36H48N4O3S. The van der Waals surface area contributed by atoms with Gasteiger partial charge in [0.2, 0.25) is 11.8 Å². The molecule has 1 spiro atoms. The van der Waals surface area contributed by atoms with E-state index in [0.29, 0.717) is 35.4 Å². The first-order valence-corrected chi connectivity index (χ1v) is 18.0. The highest BCUT2D eigenvalue weighted by molar-refractivity contribution is 7.92. The number of benzene rings is 2. The standard InChI is InChI=1S/C36H48N4O3S/c1-6-15-40-16-13-36(14-17-40)21-29(22-36)34-27-11-8-12-30(19-27)44(41,42)39-35-37-31(33-25(4)9-7-10-26(33)5)20-32(38-35)43-23-28(34)18-24(2)3/h7-12,19-20,24,28-29,34H,6,13-18,21-23H2,1-5H3,(H,37,38,39)/t28-,34?/m1/s1. The molecule has 1 aliphatic carbocycles.